The third-order valence-corrected chi connectivity index (χ3v) is 5.07. The lowest BCUT2D eigenvalue weighted by Crippen LogP contribution is -2.51. The fraction of sp³-hybridized carbons (Fsp3) is 0.750. The van der Waals surface area contributed by atoms with Gasteiger partial charge in [0.25, 0.3) is 0 Å². The van der Waals surface area contributed by atoms with Crippen LogP contribution in [0.5, 0.6) is 0 Å². The van der Waals surface area contributed by atoms with Crippen LogP contribution in [0.3, 0.4) is 0 Å². The second kappa shape index (κ2) is 8.30. The standard InChI is InChI=1S/C20H34N2O2/c1-16-9-10-17(15-16)7-5-13-22-19(24)8-6-12-21(22)14-11-18(23)20(2,3)4/h9-10,18,23H,5-8,11-15H2,1-4H3. The fourth-order valence-corrected chi connectivity index (χ4v) is 3.39. The van der Waals surface area contributed by atoms with E-state index in [4.69, 9.17) is 0 Å². The second-order valence-corrected chi connectivity index (χ2v) is 8.36. The largest absolute Gasteiger partial charge is 0.393 e. The Morgan fingerprint density at radius 3 is 2.62 bits per heavy atom. The van der Waals surface area contributed by atoms with Crippen LogP contribution in [0.2, 0.25) is 0 Å². The Kier molecular flexibility index (Phi) is 6.64. The van der Waals surface area contributed by atoms with Crippen molar-refractivity contribution >= 4 is 5.91 Å². The van der Waals surface area contributed by atoms with E-state index in [1.807, 2.05) is 5.01 Å². The number of hydrogen-bond acceptors (Lipinski definition) is 3. The minimum absolute atomic E-state index is 0.107. The van der Waals surface area contributed by atoms with Gasteiger partial charge in [-0.3, -0.25) is 9.80 Å². The van der Waals surface area contributed by atoms with Gasteiger partial charge < -0.3 is 5.11 Å². The molecule has 2 rings (SSSR count). The first-order valence-electron chi connectivity index (χ1n) is 9.36. The molecule has 1 N–H and O–H groups in total. The van der Waals surface area contributed by atoms with E-state index in [2.05, 4.69) is 44.9 Å². The lowest BCUT2D eigenvalue weighted by Gasteiger charge is -2.40. The Labute approximate surface area is 147 Å². The molecule has 1 unspecified atom stereocenters. The van der Waals surface area contributed by atoms with Crippen LogP contribution >= 0.6 is 0 Å². The first-order valence-corrected chi connectivity index (χ1v) is 9.36. The van der Waals surface area contributed by atoms with E-state index in [1.54, 1.807) is 0 Å². The summed E-state index contributed by atoms with van der Waals surface area (Å²) in [6.45, 7) is 10.8. The van der Waals surface area contributed by atoms with Crippen molar-refractivity contribution in [3.05, 3.63) is 23.3 Å². The first kappa shape index (κ1) is 19.2. The average molecular weight is 335 g/mol. The fourth-order valence-electron chi connectivity index (χ4n) is 3.39. The molecule has 0 saturated carbocycles. The summed E-state index contributed by atoms with van der Waals surface area (Å²) in [5, 5.41) is 14.4. The number of carbonyl (C=O) groups is 1. The summed E-state index contributed by atoms with van der Waals surface area (Å²) in [6, 6.07) is 0. The van der Waals surface area contributed by atoms with E-state index in [1.165, 1.54) is 11.1 Å². The van der Waals surface area contributed by atoms with Crippen LogP contribution in [0, 0.1) is 5.41 Å². The molecule has 24 heavy (non-hydrogen) atoms. The van der Waals surface area contributed by atoms with Crippen LogP contribution in [0.15, 0.2) is 23.3 Å². The van der Waals surface area contributed by atoms with Gasteiger partial charge in [0.2, 0.25) is 5.91 Å². The van der Waals surface area contributed by atoms with Crippen molar-refractivity contribution in [1.29, 1.82) is 0 Å². The number of aliphatic hydroxyl groups is 1. The number of rotatable bonds is 7. The molecule has 0 spiro atoms. The molecule has 1 amide bonds. The molecule has 1 fully saturated rings. The lowest BCUT2D eigenvalue weighted by atomic mass is 9.87. The summed E-state index contributed by atoms with van der Waals surface area (Å²) in [5.74, 6) is 0.237. The molecule has 1 aliphatic heterocycles. The average Bonchev–Trinajstić information content (AvgIpc) is 2.91. The number of nitrogens with zero attached hydrogens (tertiary/aromatic N) is 2. The van der Waals surface area contributed by atoms with E-state index in [0.717, 1.165) is 45.3 Å². The zero-order valence-electron chi connectivity index (χ0n) is 15.8. The van der Waals surface area contributed by atoms with E-state index in [9.17, 15) is 9.90 Å². The van der Waals surface area contributed by atoms with Gasteiger partial charge in [-0.1, -0.05) is 44.1 Å². The number of carbonyl (C=O) groups excluding carboxylic acids is 1. The predicted octanol–water partition coefficient (Wildman–Crippen LogP) is 3.68. The molecule has 1 heterocycles. The summed E-state index contributed by atoms with van der Waals surface area (Å²) >= 11 is 0. The first-order chi connectivity index (χ1) is 11.3. The highest BCUT2D eigenvalue weighted by Crippen LogP contribution is 2.24. The SMILES string of the molecule is CC1=CC=C(CCCN2C(=O)CCCN2CCC(O)C(C)(C)C)C1. The Balaban J connectivity index is 1.81. The van der Waals surface area contributed by atoms with Gasteiger partial charge in [-0.05, 0) is 44.4 Å². The van der Waals surface area contributed by atoms with Gasteiger partial charge in [-0.15, -0.1) is 0 Å². The third kappa shape index (κ3) is 5.45. The molecule has 0 aromatic carbocycles. The van der Waals surface area contributed by atoms with Crippen molar-refractivity contribution in [2.24, 2.45) is 5.41 Å². The monoisotopic (exact) mass is 334 g/mol. The normalized spacial score (nSPS) is 21.0. The van der Waals surface area contributed by atoms with Crippen molar-refractivity contribution in [3.63, 3.8) is 0 Å². The zero-order valence-corrected chi connectivity index (χ0v) is 15.8. The highest BCUT2D eigenvalue weighted by molar-refractivity contribution is 5.76. The van der Waals surface area contributed by atoms with Gasteiger partial charge in [-0.2, -0.15) is 0 Å². The van der Waals surface area contributed by atoms with E-state index >= 15 is 0 Å². The minimum atomic E-state index is -0.339. The molecule has 0 bridgehead atoms. The maximum absolute atomic E-state index is 12.3. The summed E-state index contributed by atoms with van der Waals surface area (Å²) < 4.78 is 0. The molecular weight excluding hydrogens is 300 g/mol. The van der Waals surface area contributed by atoms with Crippen molar-refractivity contribution in [1.82, 2.24) is 10.0 Å². The molecule has 1 aliphatic carbocycles. The zero-order chi connectivity index (χ0) is 17.7. The van der Waals surface area contributed by atoms with Crippen LogP contribution < -0.4 is 0 Å². The third-order valence-electron chi connectivity index (χ3n) is 5.07. The van der Waals surface area contributed by atoms with Crippen molar-refractivity contribution in [3.8, 4) is 0 Å². The molecule has 1 atom stereocenters. The highest BCUT2D eigenvalue weighted by Gasteiger charge is 2.28. The van der Waals surface area contributed by atoms with Crippen molar-refractivity contribution < 1.29 is 9.90 Å². The van der Waals surface area contributed by atoms with Gasteiger partial charge in [0.05, 0.1) is 6.10 Å². The number of allylic oxidation sites excluding steroid dienone is 4. The lowest BCUT2D eigenvalue weighted by molar-refractivity contribution is -0.156. The maximum Gasteiger partial charge on any atom is 0.236 e. The van der Waals surface area contributed by atoms with Gasteiger partial charge in [-0.25, -0.2) is 5.01 Å². The minimum Gasteiger partial charge on any atom is -0.393 e. The van der Waals surface area contributed by atoms with E-state index in [-0.39, 0.29) is 17.4 Å². The van der Waals surface area contributed by atoms with Crippen LogP contribution in [0.4, 0.5) is 0 Å². The van der Waals surface area contributed by atoms with Gasteiger partial charge in [0.15, 0.2) is 0 Å². The summed E-state index contributed by atoms with van der Waals surface area (Å²) in [6.07, 6.45) is 9.54. The Hall–Kier alpha value is -1.13. The molecular formula is C20H34N2O2. The molecule has 136 valence electrons. The predicted molar refractivity (Wildman–Crippen MR) is 98.3 cm³/mol. The Morgan fingerprint density at radius 2 is 2.00 bits per heavy atom. The number of amides is 1. The molecule has 2 aliphatic rings. The molecule has 4 nitrogen and oxygen atoms in total. The molecule has 1 saturated heterocycles. The van der Waals surface area contributed by atoms with E-state index in [0.29, 0.717) is 12.8 Å². The van der Waals surface area contributed by atoms with Gasteiger partial charge in [0.1, 0.15) is 0 Å². The maximum atomic E-state index is 12.3. The number of hydrogen-bond donors (Lipinski definition) is 1. The number of aliphatic hydroxyl groups excluding tert-OH is 1. The smallest absolute Gasteiger partial charge is 0.236 e. The molecule has 4 heteroatoms. The Bertz CT molecular complexity index is 502. The van der Waals surface area contributed by atoms with Crippen LogP contribution in [0.1, 0.15) is 66.2 Å². The van der Waals surface area contributed by atoms with Crippen molar-refractivity contribution in [2.45, 2.75) is 72.3 Å². The molecule has 0 aromatic heterocycles. The van der Waals surface area contributed by atoms with E-state index < -0.39 is 0 Å². The van der Waals surface area contributed by atoms with Gasteiger partial charge >= 0.3 is 0 Å². The summed E-state index contributed by atoms with van der Waals surface area (Å²) in [5.41, 5.74) is 2.80. The summed E-state index contributed by atoms with van der Waals surface area (Å²) in [7, 11) is 0. The molecule has 0 radical (unpaired) electrons. The topological polar surface area (TPSA) is 43.8 Å². The second-order valence-electron chi connectivity index (χ2n) is 8.36. The van der Waals surface area contributed by atoms with Crippen LogP contribution in [-0.2, 0) is 4.79 Å². The quantitative estimate of drug-likeness (QED) is 0.772. The van der Waals surface area contributed by atoms with Crippen LogP contribution in [0.25, 0.3) is 0 Å². The van der Waals surface area contributed by atoms with Crippen molar-refractivity contribution in [2.75, 3.05) is 19.6 Å². The highest BCUT2D eigenvalue weighted by atomic mass is 16.3. The molecule has 0 aromatic rings. The number of hydrazine groups is 1. The summed E-state index contributed by atoms with van der Waals surface area (Å²) in [4.78, 5) is 12.3. The Morgan fingerprint density at radius 1 is 1.25 bits per heavy atom. The van der Waals surface area contributed by atoms with Crippen LogP contribution in [-0.4, -0.2) is 46.8 Å². The van der Waals surface area contributed by atoms with Gasteiger partial charge in [0, 0.05) is 26.1 Å².